The SMILES string of the molecule is CC(C)CCOCCOc1c(F)cccc1C(=O)O. The summed E-state index contributed by atoms with van der Waals surface area (Å²) in [6.07, 6.45) is 0.945. The minimum atomic E-state index is -1.21. The van der Waals surface area contributed by atoms with Crippen LogP contribution in [0.25, 0.3) is 0 Å². The Kier molecular flexibility index (Phi) is 6.29. The summed E-state index contributed by atoms with van der Waals surface area (Å²) in [7, 11) is 0. The highest BCUT2D eigenvalue weighted by Gasteiger charge is 2.15. The van der Waals surface area contributed by atoms with E-state index in [9.17, 15) is 9.18 Å². The fourth-order valence-corrected chi connectivity index (χ4v) is 1.45. The van der Waals surface area contributed by atoms with Gasteiger partial charge in [0, 0.05) is 6.61 Å². The lowest BCUT2D eigenvalue weighted by molar-refractivity contribution is 0.0680. The Balaban J connectivity index is 2.43. The number of rotatable bonds is 8. The molecule has 5 heteroatoms. The molecule has 1 rings (SSSR count). The third-order valence-corrected chi connectivity index (χ3v) is 2.51. The second kappa shape index (κ2) is 7.74. The van der Waals surface area contributed by atoms with Gasteiger partial charge in [0.1, 0.15) is 12.2 Å². The predicted octanol–water partition coefficient (Wildman–Crippen LogP) is 2.97. The van der Waals surface area contributed by atoms with Gasteiger partial charge in [0.25, 0.3) is 0 Å². The molecule has 0 aliphatic heterocycles. The van der Waals surface area contributed by atoms with Crippen molar-refractivity contribution < 1.29 is 23.8 Å². The molecule has 0 aliphatic carbocycles. The Morgan fingerprint density at radius 2 is 2.05 bits per heavy atom. The van der Waals surface area contributed by atoms with E-state index in [1.54, 1.807) is 0 Å². The Morgan fingerprint density at radius 3 is 2.68 bits per heavy atom. The molecule has 0 fully saturated rings. The van der Waals surface area contributed by atoms with Gasteiger partial charge < -0.3 is 14.6 Å². The molecule has 1 N–H and O–H groups in total. The van der Waals surface area contributed by atoms with Crippen molar-refractivity contribution in [3.63, 3.8) is 0 Å². The van der Waals surface area contributed by atoms with Gasteiger partial charge >= 0.3 is 5.97 Å². The van der Waals surface area contributed by atoms with Crippen molar-refractivity contribution >= 4 is 5.97 Å². The maximum Gasteiger partial charge on any atom is 0.339 e. The van der Waals surface area contributed by atoms with Gasteiger partial charge in [0.2, 0.25) is 0 Å². The topological polar surface area (TPSA) is 55.8 Å². The van der Waals surface area contributed by atoms with Crippen LogP contribution >= 0.6 is 0 Å². The first-order chi connectivity index (χ1) is 9.02. The molecule has 0 saturated carbocycles. The molecule has 1 aromatic rings. The Labute approximate surface area is 112 Å². The number of carboxylic acids is 1. The van der Waals surface area contributed by atoms with E-state index in [-0.39, 0.29) is 17.9 Å². The number of hydrogen-bond acceptors (Lipinski definition) is 3. The smallest absolute Gasteiger partial charge is 0.339 e. The first kappa shape index (κ1) is 15.4. The molecule has 0 heterocycles. The highest BCUT2D eigenvalue weighted by atomic mass is 19.1. The minimum absolute atomic E-state index is 0.124. The second-order valence-electron chi connectivity index (χ2n) is 4.57. The molecule has 1 aromatic carbocycles. The van der Waals surface area contributed by atoms with Gasteiger partial charge in [-0.2, -0.15) is 0 Å². The summed E-state index contributed by atoms with van der Waals surface area (Å²) in [6.45, 7) is 5.24. The zero-order chi connectivity index (χ0) is 14.3. The van der Waals surface area contributed by atoms with Crippen molar-refractivity contribution in [1.29, 1.82) is 0 Å². The zero-order valence-corrected chi connectivity index (χ0v) is 11.2. The maximum absolute atomic E-state index is 13.5. The van der Waals surface area contributed by atoms with E-state index in [2.05, 4.69) is 13.8 Å². The third-order valence-electron chi connectivity index (χ3n) is 2.51. The molecule has 0 unspecified atom stereocenters. The van der Waals surface area contributed by atoms with Gasteiger partial charge in [-0.25, -0.2) is 9.18 Å². The van der Waals surface area contributed by atoms with Crippen molar-refractivity contribution in [1.82, 2.24) is 0 Å². The van der Waals surface area contributed by atoms with Crippen molar-refractivity contribution in [3.8, 4) is 5.75 Å². The molecule has 0 atom stereocenters. The van der Waals surface area contributed by atoms with Crippen LogP contribution in [0, 0.1) is 11.7 Å². The summed E-state index contributed by atoms with van der Waals surface area (Å²) >= 11 is 0. The molecule has 4 nitrogen and oxygen atoms in total. The highest BCUT2D eigenvalue weighted by molar-refractivity contribution is 5.90. The van der Waals surface area contributed by atoms with Crippen molar-refractivity contribution in [2.75, 3.05) is 19.8 Å². The van der Waals surface area contributed by atoms with Gasteiger partial charge in [-0.05, 0) is 24.5 Å². The summed E-state index contributed by atoms with van der Waals surface area (Å²) in [4.78, 5) is 10.9. The average Bonchev–Trinajstić information content (AvgIpc) is 2.34. The van der Waals surface area contributed by atoms with E-state index in [1.165, 1.54) is 18.2 Å². The maximum atomic E-state index is 13.5. The minimum Gasteiger partial charge on any atom is -0.487 e. The highest BCUT2D eigenvalue weighted by Crippen LogP contribution is 2.22. The number of carbonyl (C=O) groups is 1. The van der Waals surface area contributed by atoms with Gasteiger partial charge in [0.15, 0.2) is 11.6 Å². The average molecular weight is 270 g/mol. The van der Waals surface area contributed by atoms with Crippen LogP contribution in [0.15, 0.2) is 18.2 Å². The first-order valence-corrected chi connectivity index (χ1v) is 6.24. The first-order valence-electron chi connectivity index (χ1n) is 6.24. The summed E-state index contributed by atoms with van der Waals surface area (Å²) in [6, 6.07) is 3.81. The molecule has 0 bridgehead atoms. The number of ether oxygens (including phenoxy) is 2. The standard InChI is InChI=1S/C14H19FO4/c1-10(2)6-7-18-8-9-19-13-11(14(16)17)4-3-5-12(13)15/h3-5,10H,6-9H2,1-2H3,(H,16,17). The van der Waals surface area contributed by atoms with Gasteiger partial charge in [-0.3, -0.25) is 0 Å². The monoisotopic (exact) mass is 270 g/mol. The predicted molar refractivity (Wildman–Crippen MR) is 69.1 cm³/mol. The van der Waals surface area contributed by atoms with Crippen LogP contribution < -0.4 is 4.74 Å². The van der Waals surface area contributed by atoms with E-state index in [0.717, 1.165) is 6.42 Å². The van der Waals surface area contributed by atoms with E-state index in [0.29, 0.717) is 19.1 Å². The Bertz CT molecular complexity index is 418. The molecule has 19 heavy (non-hydrogen) atoms. The van der Waals surface area contributed by atoms with E-state index in [4.69, 9.17) is 14.6 Å². The number of para-hydroxylation sites is 1. The molecule has 0 saturated heterocycles. The largest absolute Gasteiger partial charge is 0.487 e. The molecular formula is C14H19FO4. The zero-order valence-electron chi connectivity index (χ0n) is 11.2. The van der Waals surface area contributed by atoms with Gasteiger partial charge in [-0.1, -0.05) is 19.9 Å². The van der Waals surface area contributed by atoms with Crippen molar-refractivity contribution in [2.45, 2.75) is 20.3 Å². The summed E-state index contributed by atoms with van der Waals surface area (Å²) in [5.41, 5.74) is -0.179. The fourth-order valence-electron chi connectivity index (χ4n) is 1.45. The normalized spacial score (nSPS) is 10.7. The summed E-state index contributed by atoms with van der Waals surface area (Å²) < 4.78 is 23.9. The van der Waals surface area contributed by atoms with Crippen LogP contribution in [0.5, 0.6) is 5.75 Å². The molecule has 0 spiro atoms. The van der Waals surface area contributed by atoms with Crippen LogP contribution in [0.3, 0.4) is 0 Å². The van der Waals surface area contributed by atoms with Gasteiger partial charge in [0.05, 0.1) is 6.61 Å². The van der Waals surface area contributed by atoms with E-state index >= 15 is 0 Å². The Morgan fingerprint density at radius 1 is 1.32 bits per heavy atom. The van der Waals surface area contributed by atoms with Crippen LogP contribution in [-0.4, -0.2) is 30.9 Å². The lowest BCUT2D eigenvalue weighted by Crippen LogP contribution is -2.11. The van der Waals surface area contributed by atoms with Crippen molar-refractivity contribution in [3.05, 3.63) is 29.6 Å². The van der Waals surface area contributed by atoms with Crippen LogP contribution in [0.4, 0.5) is 4.39 Å². The molecule has 0 aromatic heterocycles. The number of hydrogen-bond donors (Lipinski definition) is 1. The van der Waals surface area contributed by atoms with Crippen LogP contribution in [0.1, 0.15) is 30.6 Å². The van der Waals surface area contributed by atoms with E-state index in [1.807, 2.05) is 0 Å². The number of benzene rings is 1. The lowest BCUT2D eigenvalue weighted by atomic mass is 10.1. The molecule has 0 aliphatic rings. The van der Waals surface area contributed by atoms with Gasteiger partial charge in [-0.15, -0.1) is 0 Å². The second-order valence-corrected chi connectivity index (χ2v) is 4.57. The fraction of sp³-hybridized carbons (Fsp3) is 0.500. The van der Waals surface area contributed by atoms with Crippen molar-refractivity contribution in [2.24, 2.45) is 5.92 Å². The summed E-state index contributed by atoms with van der Waals surface area (Å²) in [5, 5.41) is 8.91. The number of halogens is 1. The molecular weight excluding hydrogens is 251 g/mol. The van der Waals surface area contributed by atoms with E-state index < -0.39 is 11.8 Å². The van der Waals surface area contributed by atoms with Crippen LogP contribution in [0.2, 0.25) is 0 Å². The van der Waals surface area contributed by atoms with Crippen LogP contribution in [-0.2, 0) is 4.74 Å². The number of aromatic carboxylic acids is 1. The Hall–Kier alpha value is -1.62. The third kappa shape index (κ3) is 5.26. The molecule has 0 radical (unpaired) electrons. The quantitative estimate of drug-likeness (QED) is 0.738. The molecule has 106 valence electrons. The molecule has 0 amide bonds. The summed E-state index contributed by atoms with van der Waals surface area (Å²) in [5.74, 6) is -1.56. The lowest BCUT2D eigenvalue weighted by Gasteiger charge is -2.10. The number of carboxylic acid groups (broad SMARTS) is 1.